The summed E-state index contributed by atoms with van der Waals surface area (Å²) < 4.78 is 5.56. The third-order valence-electron chi connectivity index (χ3n) is 6.20. The molecule has 34 heavy (non-hydrogen) atoms. The number of aromatic amines is 1. The molecule has 2 amide bonds. The zero-order chi connectivity index (χ0) is 24.2. The average molecular weight is 463 g/mol. The Morgan fingerprint density at radius 3 is 2.29 bits per heavy atom. The summed E-state index contributed by atoms with van der Waals surface area (Å²) in [6.45, 7) is 1.51. The molecule has 1 unspecified atom stereocenters. The average Bonchev–Trinajstić information content (AvgIpc) is 3.47. The highest BCUT2D eigenvalue weighted by Gasteiger charge is 2.32. The summed E-state index contributed by atoms with van der Waals surface area (Å²) in [7, 11) is 1.39. The van der Waals surface area contributed by atoms with Gasteiger partial charge in [-0.3, -0.25) is 4.79 Å². The van der Waals surface area contributed by atoms with Crippen molar-refractivity contribution in [3.8, 4) is 11.1 Å². The Hall–Kier alpha value is -4.14. The Kier molecular flexibility index (Phi) is 6.62. The first-order valence-electron chi connectivity index (χ1n) is 10.9. The maximum absolute atomic E-state index is 13.0. The van der Waals surface area contributed by atoms with Crippen LogP contribution in [0.25, 0.3) is 11.1 Å². The quantitative estimate of drug-likeness (QED) is 0.473. The van der Waals surface area contributed by atoms with Crippen LogP contribution < -0.4 is 5.32 Å². The molecule has 0 saturated carbocycles. The number of nitrogens with one attached hydrogen (secondary N) is 2. The summed E-state index contributed by atoms with van der Waals surface area (Å²) in [5, 5.41) is 11.9. The number of carbonyl (C=O) groups excluding carboxylic acids is 2. The van der Waals surface area contributed by atoms with Gasteiger partial charge in [-0.1, -0.05) is 48.5 Å². The van der Waals surface area contributed by atoms with Gasteiger partial charge in [0.1, 0.15) is 18.7 Å². The lowest BCUT2D eigenvalue weighted by Crippen LogP contribution is -2.52. The molecule has 0 aliphatic heterocycles. The molecular formula is C25H26N4O5. The fraction of sp³-hybridized carbons (Fsp3) is 0.280. The van der Waals surface area contributed by atoms with E-state index in [1.165, 1.54) is 20.3 Å². The van der Waals surface area contributed by atoms with Crippen LogP contribution in [0.4, 0.5) is 4.79 Å². The molecule has 0 bridgehead atoms. The van der Waals surface area contributed by atoms with Crippen molar-refractivity contribution in [1.82, 2.24) is 20.2 Å². The maximum Gasteiger partial charge on any atom is 0.407 e. The Morgan fingerprint density at radius 2 is 1.74 bits per heavy atom. The van der Waals surface area contributed by atoms with Gasteiger partial charge in [0.2, 0.25) is 5.91 Å². The van der Waals surface area contributed by atoms with Crippen molar-refractivity contribution in [2.24, 2.45) is 0 Å². The highest BCUT2D eigenvalue weighted by atomic mass is 16.5. The number of nitrogens with zero attached hydrogens (tertiary/aromatic N) is 2. The molecule has 0 saturated heterocycles. The van der Waals surface area contributed by atoms with Crippen molar-refractivity contribution in [3.05, 3.63) is 77.9 Å². The monoisotopic (exact) mass is 462 g/mol. The van der Waals surface area contributed by atoms with Crippen LogP contribution in [-0.2, 0) is 20.7 Å². The molecule has 1 heterocycles. The van der Waals surface area contributed by atoms with Crippen LogP contribution in [0.2, 0.25) is 0 Å². The normalized spacial score (nSPS) is 13.9. The molecule has 0 radical (unpaired) electrons. The molecule has 1 aromatic heterocycles. The Labute approximate surface area is 196 Å². The van der Waals surface area contributed by atoms with Crippen molar-refractivity contribution in [3.63, 3.8) is 0 Å². The summed E-state index contributed by atoms with van der Waals surface area (Å²) in [6.07, 6.45) is 2.37. The maximum atomic E-state index is 13.0. The second kappa shape index (κ2) is 9.78. The molecule has 4 rings (SSSR count). The number of carbonyl (C=O) groups is 3. The van der Waals surface area contributed by atoms with Gasteiger partial charge in [-0.25, -0.2) is 14.6 Å². The lowest BCUT2D eigenvalue weighted by atomic mass is 9.98. The Morgan fingerprint density at radius 1 is 1.12 bits per heavy atom. The number of aliphatic carboxylic acids is 1. The SMILES string of the molecule is CC(C(=O)O)N(C)C(=O)[C@@H](Cc1cnc[nH]1)NC(=O)OCC1c2ccccc2-c2ccccc21. The molecule has 3 N–H and O–H groups in total. The second-order valence-corrected chi connectivity index (χ2v) is 8.27. The van der Waals surface area contributed by atoms with Gasteiger partial charge in [0.05, 0.1) is 6.33 Å². The van der Waals surface area contributed by atoms with Crippen LogP contribution in [0, 0.1) is 0 Å². The summed E-state index contributed by atoms with van der Waals surface area (Å²) in [4.78, 5) is 45.0. The van der Waals surface area contributed by atoms with Crippen molar-refractivity contribution in [1.29, 1.82) is 0 Å². The van der Waals surface area contributed by atoms with Gasteiger partial charge in [0.25, 0.3) is 0 Å². The van der Waals surface area contributed by atoms with E-state index in [0.29, 0.717) is 5.69 Å². The fourth-order valence-corrected chi connectivity index (χ4v) is 4.20. The summed E-state index contributed by atoms with van der Waals surface area (Å²) in [6, 6.07) is 13.9. The lowest BCUT2D eigenvalue weighted by molar-refractivity contribution is -0.148. The van der Waals surface area contributed by atoms with Crippen LogP contribution >= 0.6 is 0 Å². The minimum atomic E-state index is -1.14. The van der Waals surface area contributed by atoms with E-state index in [9.17, 15) is 19.5 Å². The molecule has 2 aromatic carbocycles. The van der Waals surface area contributed by atoms with Crippen molar-refractivity contribution in [2.45, 2.75) is 31.3 Å². The smallest absolute Gasteiger partial charge is 0.407 e. The van der Waals surface area contributed by atoms with Crippen LogP contribution in [0.1, 0.15) is 29.7 Å². The number of likely N-dealkylation sites (N-methyl/N-ethyl adjacent to an activating group) is 1. The zero-order valence-electron chi connectivity index (χ0n) is 18.9. The number of H-pyrrole nitrogens is 1. The van der Waals surface area contributed by atoms with E-state index in [1.54, 1.807) is 6.20 Å². The van der Waals surface area contributed by atoms with Gasteiger partial charge in [0.15, 0.2) is 0 Å². The van der Waals surface area contributed by atoms with E-state index < -0.39 is 30.1 Å². The van der Waals surface area contributed by atoms with Crippen LogP contribution in [0.5, 0.6) is 0 Å². The molecule has 3 aromatic rings. The Balaban J connectivity index is 1.47. The number of hydrogen-bond acceptors (Lipinski definition) is 5. The predicted molar refractivity (Wildman–Crippen MR) is 124 cm³/mol. The third kappa shape index (κ3) is 4.63. The summed E-state index contributed by atoms with van der Waals surface area (Å²) in [5.41, 5.74) is 5.01. The van der Waals surface area contributed by atoms with Gasteiger partial charge in [-0.15, -0.1) is 0 Å². The minimum absolute atomic E-state index is 0.103. The standard InChI is InChI=1S/C25H26N4O5/c1-15(24(31)32)29(2)23(30)22(11-16-12-26-14-27-16)28-25(33)34-13-21-19-9-5-3-7-17(19)18-8-4-6-10-20(18)21/h3-10,12,14-15,21-22H,11,13H2,1-2H3,(H,26,27)(H,28,33)(H,31,32)/t15?,22-/m1/s1. The first kappa shape index (κ1) is 23.0. The highest BCUT2D eigenvalue weighted by Crippen LogP contribution is 2.44. The Bertz CT molecular complexity index is 1150. The molecule has 1 aliphatic rings. The van der Waals surface area contributed by atoms with Gasteiger partial charge in [-0.05, 0) is 29.2 Å². The van der Waals surface area contributed by atoms with Crippen LogP contribution in [-0.4, -0.2) is 63.7 Å². The van der Waals surface area contributed by atoms with Gasteiger partial charge in [0, 0.05) is 31.3 Å². The molecule has 9 heteroatoms. The number of hydrogen-bond donors (Lipinski definition) is 3. The van der Waals surface area contributed by atoms with Gasteiger partial charge < -0.3 is 25.0 Å². The van der Waals surface area contributed by atoms with Crippen LogP contribution in [0.3, 0.4) is 0 Å². The van der Waals surface area contributed by atoms with E-state index in [4.69, 9.17) is 4.74 Å². The van der Waals surface area contributed by atoms with Gasteiger partial charge >= 0.3 is 12.1 Å². The first-order chi connectivity index (χ1) is 16.4. The number of benzene rings is 2. The van der Waals surface area contributed by atoms with E-state index in [2.05, 4.69) is 15.3 Å². The first-order valence-corrected chi connectivity index (χ1v) is 10.9. The second-order valence-electron chi connectivity index (χ2n) is 8.27. The predicted octanol–water partition coefficient (Wildman–Crippen LogP) is 2.79. The molecule has 1 aliphatic carbocycles. The number of aromatic nitrogens is 2. The number of carboxylic acids is 1. The molecule has 0 fully saturated rings. The van der Waals surface area contributed by atoms with Crippen molar-refractivity contribution in [2.75, 3.05) is 13.7 Å². The van der Waals surface area contributed by atoms with E-state index in [0.717, 1.165) is 27.2 Å². The number of ether oxygens (including phenoxy) is 1. The summed E-state index contributed by atoms with van der Waals surface area (Å²) in [5.74, 6) is -1.80. The number of carboxylic acid groups (broad SMARTS) is 1. The van der Waals surface area contributed by atoms with E-state index in [-0.39, 0.29) is 18.9 Å². The fourth-order valence-electron chi connectivity index (χ4n) is 4.20. The third-order valence-corrected chi connectivity index (χ3v) is 6.20. The summed E-state index contributed by atoms with van der Waals surface area (Å²) >= 11 is 0. The molecule has 176 valence electrons. The lowest BCUT2D eigenvalue weighted by Gasteiger charge is -2.27. The largest absolute Gasteiger partial charge is 0.480 e. The molecular weight excluding hydrogens is 436 g/mol. The van der Waals surface area contributed by atoms with E-state index >= 15 is 0 Å². The number of alkyl carbamates (subject to hydrolysis) is 1. The molecule has 2 atom stereocenters. The molecule has 0 spiro atoms. The minimum Gasteiger partial charge on any atom is -0.480 e. The zero-order valence-corrected chi connectivity index (χ0v) is 18.9. The number of imidazole rings is 1. The van der Waals surface area contributed by atoms with Crippen molar-refractivity contribution >= 4 is 18.0 Å². The van der Waals surface area contributed by atoms with Crippen LogP contribution in [0.15, 0.2) is 61.1 Å². The number of fused-ring (bicyclic) bond motifs is 3. The highest BCUT2D eigenvalue weighted by molar-refractivity contribution is 5.89. The molecule has 9 nitrogen and oxygen atoms in total. The van der Waals surface area contributed by atoms with Gasteiger partial charge in [-0.2, -0.15) is 0 Å². The topological polar surface area (TPSA) is 125 Å². The number of amides is 2. The van der Waals surface area contributed by atoms with Crippen molar-refractivity contribution < 1.29 is 24.2 Å². The van der Waals surface area contributed by atoms with E-state index in [1.807, 2.05) is 48.5 Å². The number of rotatable bonds is 8.